The quantitative estimate of drug-likeness (QED) is 0.720. The minimum atomic E-state index is -0.309. The molecule has 0 aliphatic carbocycles. The van der Waals surface area contributed by atoms with E-state index in [0.717, 1.165) is 22.6 Å². The molecule has 32 heavy (non-hydrogen) atoms. The second kappa shape index (κ2) is 9.48. The normalized spacial score (nSPS) is 19.1. The Morgan fingerprint density at radius 3 is 2.28 bits per heavy atom. The van der Waals surface area contributed by atoms with Crippen molar-refractivity contribution >= 4 is 17.5 Å². The monoisotopic (exact) mass is 438 g/mol. The number of hydrogen-bond donors (Lipinski definition) is 0. The Labute approximate surface area is 187 Å². The van der Waals surface area contributed by atoms with Gasteiger partial charge in [-0.25, -0.2) is 9.40 Å². The third-order valence-corrected chi connectivity index (χ3v) is 6.02. The summed E-state index contributed by atoms with van der Waals surface area (Å²) in [6, 6.07) is 13.6. The predicted molar refractivity (Wildman–Crippen MR) is 119 cm³/mol. The average Bonchev–Trinajstić information content (AvgIpc) is 3.25. The first-order valence-electron chi connectivity index (χ1n) is 10.7. The van der Waals surface area contributed by atoms with Crippen LogP contribution in [0.25, 0.3) is 0 Å². The van der Waals surface area contributed by atoms with Gasteiger partial charge in [0.2, 0.25) is 5.91 Å². The zero-order valence-electron chi connectivity index (χ0n) is 18.3. The van der Waals surface area contributed by atoms with Crippen molar-refractivity contribution in [1.29, 1.82) is 0 Å². The van der Waals surface area contributed by atoms with E-state index in [9.17, 15) is 14.0 Å². The molecular weight excluding hydrogens is 411 g/mol. The fraction of sp³-hybridized carbons (Fsp3) is 0.375. The number of methoxy groups -OCH3 is 1. The Bertz CT molecular complexity index is 999. The summed E-state index contributed by atoms with van der Waals surface area (Å²) >= 11 is 0. The van der Waals surface area contributed by atoms with Crippen LogP contribution < -0.4 is 4.74 Å². The molecule has 0 bridgehead atoms. The van der Waals surface area contributed by atoms with Gasteiger partial charge < -0.3 is 9.64 Å². The topological polar surface area (TPSA) is 65.5 Å². The van der Waals surface area contributed by atoms with Crippen LogP contribution in [0.5, 0.6) is 5.75 Å². The molecular formula is C24H27FN4O3. The second-order valence-corrected chi connectivity index (χ2v) is 8.07. The smallest absolute Gasteiger partial charge is 0.257 e. The molecule has 0 spiro atoms. The molecule has 2 aliphatic heterocycles. The van der Waals surface area contributed by atoms with E-state index in [1.54, 1.807) is 36.1 Å². The van der Waals surface area contributed by atoms with Gasteiger partial charge in [-0.2, -0.15) is 5.10 Å². The standard InChI is InChI=1S/C24H27FN4O3/c1-17(30)28-13-11-27(12-14-28)16-24(31)29-23(19-5-9-21(32-2)10-6-19)15-22(26-29)18-3-7-20(25)8-4-18/h3-10,23H,11-16H2,1-2H3. The number of hydrazone groups is 1. The first-order chi connectivity index (χ1) is 15.4. The van der Waals surface area contributed by atoms with E-state index in [2.05, 4.69) is 10.0 Å². The third-order valence-electron chi connectivity index (χ3n) is 6.02. The lowest BCUT2D eigenvalue weighted by atomic mass is 9.98. The van der Waals surface area contributed by atoms with Crippen LogP contribution in [0, 0.1) is 5.82 Å². The fourth-order valence-corrected chi connectivity index (χ4v) is 4.13. The Hall–Kier alpha value is -3.26. The molecule has 1 saturated heterocycles. The molecule has 0 N–H and O–H groups in total. The minimum Gasteiger partial charge on any atom is -0.497 e. The van der Waals surface area contributed by atoms with Crippen molar-refractivity contribution < 1.29 is 18.7 Å². The van der Waals surface area contributed by atoms with Gasteiger partial charge in [0, 0.05) is 39.5 Å². The van der Waals surface area contributed by atoms with Crippen LogP contribution in [-0.4, -0.2) is 72.2 Å². The van der Waals surface area contributed by atoms with Crippen molar-refractivity contribution in [1.82, 2.24) is 14.8 Å². The maximum atomic E-state index is 13.4. The molecule has 0 saturated carbocycles. The molecule has 2 aromatic rings. The number of halogens is 1. The van der Waals surface area contributed by atoms with E-state index in [1.165, 1.54) is 12.1 Å². The van der Waals surface area contributed by atoms with Crippen molar-refractivity contribution in [2.45, 2.75) is 19.4 Å². The van der Waals surface area contributed by atoms with Crippen LogP contribution >= 0.6 is 0 Å². The number of hydrogen-bond acceptors (Lipinski definition) is 5. The summed E-state index contributed by atoms with van der Waals surface area (Å²) in [5.74, 6) is 0.396. The van der Waals surface area contributed by atoms with Crippen LogP contribution in [0.3, 0.4) is 0 Å². The molecule has 168 valence electrons. The highest BCUT2D eigenvalue weighted by atomic mass is 19.1. The van der Waals surface area contributed by atoms with Crippen molar-refractivity contribution in [2.75, 3.05) is 39.8 Å². The molecule has 1 fully saturated rings. The van der Waals surface area contributed by atoms with Crippen molar-refractivity contribution in [3.05, 3.63) is 65.5 Å². The summed E-state index contributed by atoms with van der Waals surface area (Å²) in [4.78, 5) is 28.7. The molecule has 1 unspecified atom stereocenters. The first kappa shape index (κ1) is 22.0. The van der Waals surface area contributed by atoms with Gasteiger partial charge in [-0.05, 0) is 35.4 Å². The van der Waals surface area contributed by atoms with Crippen molar-refractivity contribution in [3.8, 4) is 5.75 Å². The SMILES string of the molecule is COc1ccc(C2CC(c3ccc(F)cc3)=NN2C(=O)CN2CCN(C(C)=O)CC2)cc1. The number of carbonyl (C=O) groups is 2. The Morgan fingerprint density at radius 1 is 1.03 bits per heavy atom. The van der Waals surface area contributed by atoms with Crippen LogP contribution in [0.1, 0.15) is 30.5 Å². The summed E-state index contributed by atoms with van der Waals surface area (Å²) in [7, 11) is 1.61. The predicted octanol–water partition coefficient (Wildman–Crippen LogP) is 2.68. The Morgan fingerprint density at radius 2 is 1.69 bits per heavy atom. The van der Waals surface area contributed by atoms with E-state index >= 15 is 0 Å². The summed E-state index contributed by atoms with van der Waals surface area (Å²) in [6.45, 7) is 4.35. The van der Waals surface area contributed by atoms with Gasteiger partial charge in [-0.3, -0.25) is 14.5 Å². The van der Waals surface area contributed by atoms with Crippen LogP contribution in [0.15, 0.2) is 53.6 Å². The minimum absolute atomic E-state index is 0.0589. The van der Waals surface area contributed by atoms with Gasteiger partial charge >= 0.3 is 0 Å². The van der Waals surface area contributed by atoms with Gasteiger partial charge in [-0.1, -0.05) is 24.3 Å². The number of piperazine rings is 1. The third kappa shape index (κ3) is 4.80. The molecule has 1 atom stereocenters. The summed E-state index contributed by atoms with van der Waals surface area (Å²) in [5, 5.41) is 6.21. The number of benzene rings is 2. The Balaban J connectivity index is 1.53. The molecule has 0 aromatic heterocycles. The summed E-state index contributed by atoms with van der Waals surface area (Å²) in [6.07, 6.45) is 0.543. The number of nitrogens with zero attached hydrogens (tertiary/aromatic N) is 4. The van der Waals surface area contributed by atoms with E-state index in [1.807, 2.05) is 24.3 Å². The molecule has 2 amide bonds. The van der Waals surface area contributed by atoms with Crippen LogP contribution in [-0.2, 0) is 9.59 Å². The Kier molecular flexibility index (Phi) is 6.50. The van der Waals surface area contributed by atoms with Gasteiger partial charge in [0.25, 0.3) is 5.91 Å². The summed E-state index contributed by atoms with van der Waals surface area (Å²) in [5.41, 5.74) is 2.51. The maximum Gasteiger partial charge on any atom is 0.257 e. The van der Waals surface area contributed by atoms with Gasteiger partial charge in [0.05, 0.1) is 25.4 Å². The number of ether oxygens (including phenoxy) is 1. The van der Waals surface area contributed by atoms with Crippen molar-refractivity contribution in [2.24, 2.45) is 5.10 Å². The lowest BCUT2D eigenvalue weighted by Gasteiger charge is -2.34. The average molecular weight is 439 g/mol. The zero-order valence-corrected chi connectivity index (χ0v) is 18.3. The van der Waals surface area contributed by atoms with Crippen LogP contribution in [0.2, 0.25) is 0 Å². The number of amides is 2. The maximum absolute atomic E-state index is 13.4. The van der Waals surface area contributed by atoms with Gasteiger partial charge in [0.15, 0.2) is 0 Å². The lowest BCUT2D eigenvalue weighted by Crippen LogP contribution is -2.50. The molecule has 0 radical (unpaired) electrons. The highest BCUT2D eigenvalue weighted by Crippen LogP contribution is 2.33. The lowest BCUT2D eigenvalue weighted by molar-refractivity contribution is -0.135. The second-order valence-electron chi connectivity index (χ2n) is 8.07. The molecule has 2 heterocycles. The van der Waals surface area contributed by atoms with E-state index in [0.29, 0.717) is 32.6 Å². The van der Waals surface area contributed by atoms with Gasteiger partial charge in [0.1, 0.15) is 11.6 Å². The van der Waals surface area contributed by atoms with E-state index in [-0.39, 0.29) is 30.2 Å². The molecule has 7 nitrogen and oxygen atoms in total. The number of rotatable bonds is 5. The van der Waals surface area contributed by atoms with Gasteiger partial charge in [-0.15, -0.1) is 0 Å². The molecule has 4 rings (SSSR count). The van der Waals surface area contributed by atoms with Crippen LogP contribution in [0.4, 0.5) is 4.39 Å². The molecule has 2 aromatic carbocycles. The fourth-order valence-electron chi connectivity index (χ4n) is 4.13. The van der Waals surface area contributed by atoms with E-state index in [4.69, 9.17) is 4.74 Å². The highest BCUT2D eigenvalue weighted by molar-refractivity contribution is 6.03. The van der Waals surface area contributed by atoms with Crippen molar-refractivity contribution in [3.63, 3.8) is 0 Å². The largest absolute Gasteiger partial charge is 0.497 e. The van der Waals surface area contributed by atoms with E-state index < -0.39 is 0 Å². The summed E-state index contributed by atoms with van der Waals surface area (Å²) < 4.78 is 18.6. The highest BCUT2D eigenvalue weighted by Gasteiger charge is 2.34. The molecule has 2 aliphatic rings. The molecule has 8 heteroatoms. The first-order valence-corrected chi connectivity index (χ1v) is 10.7. The number of carbonyl (C=O) groups excluding carboxylic acids is 2. The zero-order chi connectivity index (χ0) is 22.7.